The number of carbonyl (C=O) groups excluding carboxylic acids is 2. The molecule has 7 heteroatoms. The molecule has 0 spiro atoms. The summed E-state index contributed by atoms with van der Waals surface area (Å²) in [7, 11) is 1.54. The van der Waals surface area contributed by atoms with Crippen LogP contribution in [0.4, 0.5) is 0 Å². The number of H-pyrrole nitrogens is 1. The van der Waals surface area contributed by atoms with Crippen molar-refractivity contribution in [1.29, 1.82) is 0 Å². The monoisotopic (exact) mass is 460 g/mol. The molecule has 1 unspecified atom stereocenters. The third-order valence-corrected chi connectivity index (χ3v) is 6.22. The molecule has 4 rings (SSSR count). The Morgan fingerprint density at radius 1 is 1.18 bits per heavy atom. The van der Waals surface area contributed by atoms with Gasteiger partial charge in [0.2, 0.25) is 6.33 Å². The third-order valence-electron chi connectivity index (χ3n) is 6.22. The smallest absolute Gasteiger partial charge is 0.295 e. The van der Waals surface area contributed by atoms with E-state index in [1.165, 1.54) is 7.11 Å². The van der Waals surface area contributed by atoms with E-state index < -0.39 is 17.7 Å². The molecule has 1 aromatic heterocycles. The maximum atomic E-state index is 13.2. The van der Waals surface area contributed by atoms with Crippen LogP contribution in [0, 0.1) is 0 Å². The van der Waals surface area contributed by atoms with Crippen LogP contribution in [0.2, 0.25) is 0 Å². The quantitative estimate of drug-likeness (QED) is 0.231. The number of carbonyl (C=O) groups is 2. The van der Waals surface area contributed by atoms with Crippen LogP contribution in [0.3, 0.4) is 0 Å². The highest BCUT2D eigenvalue weighted by molar-refractivity contribution is 6.46. The van der Waals surface area contributed by atoms with Gasteiger partial charge in [-0.2, -0.15) is 0 Å². The van der Waals surface area contributed by atoms with Gasteiger partial charge in [-0.1, -0.05) is 50.2 Å². The first kappa shape index (κ1) is 23.3. The topological polar surface area (TPSA) is 86.5 Å². The molecule has 7 nitrogen and oxygen atoms in total. The van der Waals surface area contributed by atoms with Crippen molar-refractivity contribution >= 4 is 17.4 Å². The second-order valence-corrected chi connectivity index (χ2v) is 8.75. The third kappa shape index (κ3) is 4.59. The minimum Gasteiger partial charge on any atom is -0.507 e. The number of Topliss-reactive ketones (excluding diaryl/α,β-unsaturated/α-hetero) is 1. The number of ether oxygens (including phenoxy) is 1. The van der Waals surface area contributed by atoms with E-state index in [0.717, 1.165) is 11.1 Å². The van der Waals surface area contributed by atoms with Crippen LogP contribution in [0.1, 0.15) is 48.9 Å². The Hall–Kier alpha value is -3.87. The number of aliphatic hydroxyl groups is 1. The molecule has 34 heavy (non-hydrogen) atoms. The van der Waals surface area contributed by atoms with E-state index in [1.54, 1.807) is 29.2 Å². The molecule has 1 aliphatic heterocycles. The van der Waals surface area contributed by atoms with Gasteiger partial charge in [0.05, 0.1) is 25.3 Å². The summed E-state index contributed by atoms with van der Waals surface area (Å²) in [5.74, 6) is -0.554. The van der Waals surface area contributed by atoms with Gasteiger partial charge in [-0.05, 0) is 29.2 Å². The Bertz CT molecular complexity index is 1200. The fourth-order valence-electron chi connectivity index (χ4n) is 4.33. The normalized spacial score (nSPS) is 17.5. The van der Waals surface area contributed by atoms with Crippen molar-refractivity contribution in [2.24, 2.45) is 0 Å². The SMILES string of the molecule is COc1cccc(C(O)=C2C(=O)C(=O)N(CCC[n+]3cc[nH]c3)C2c2ccc(C(C)C)cc2)c1. The van der Waals surface area contributed by atoms with Gasteiger partial charge in [0.25, 0.3) is 11.7 Å². The summed E-state index contributed by atoms with van der Waals surface area (Å²) in [6, 6.07) is 14.1. The lowest BCUT2D eigenvalue weighted by Crippen LogP contribution is -2.36. The molecule has 0 bridgehead atoms. The summed E-state index contributed by atoms with van der Waals surface area (Å²) < 4.78 is 7.26. The maximum Gasteiger partial charge on any atom is 0.295 e. The molecule has 2 N–H and O–H groups in total. The first-order chi connectivity index (χ1) is 16.4. The minimum atomic E-state index is -0.674. The molecule has 1 amide bonds. The lowest BCUT2D eigenvalue weighted by molar-refractivity contribution is -0.695. The number of hydrogen-bond donors (Lipinski definition) is 2. The van der Waals surface area contributed by atoms with Gasteiger partial charge in [-0.25, -0.2) is 4.57 Å². The van der Waals surface area contributed by atoms with Gasteiger partial charge in [-0.15, -0.1) is 0 Å². The number of hydrogen-bond acceptors (Lipinski definition) is 4. The van der Waals surface area contributed by atoms with Gasteiger partial charge in [-0.3, -0.25) is 14.6 Å². The Morgan fingerprint density at radius 3 is 2.59 bits per heavy atom. The summed E-state index contributed by atoms with van der Waals surface area (Å²) in [4.78, 5) is 30.9. The van der Waals surface area contributed by atoms with Crippen LogP contribution in [0.15, 0.2) is 72.8 Å². The maximum absolute atomic E-state index is 13.2. The van der Waals surface area contributed by atoms with E-state index in [2.05, 4.69) is 18.8 Å². The van der Waals surface area contributed by atoms with E-state index in [4.69, 9.17) is 4.74 Å². The number of ketones is 1. The summed E-state index contributed by atoms with van der Waals surface area (Å²) in [6.07, 6.45) is 6.25. The van der Waals surface area contributed by atoms with Crippen LogP contribution < -0.4 is 9.30 Å². The standard InChI is InChI=1S/C27H29N3O4/c1-18(2)19-8-10-20(11-9-19)24-23(25(31)21-6-4-7-22(16-21)34-3)26(32)27(33)30(24)14-5-13-29-15-12-28-17-29/h4,6-12,15-18,24H,5,13-14H2,1-3H3,(H,31,32)/p+1. The van der Waals surface area contributed by atoms with Gasteiger partial charge in [0, 0.05) is 18.5 Å². The average Bonchev–Trinajstić information content (AvgIpc) is 3.46. The Balaban J connectivity index is 1.74. The molecule has 1 fully saturated rings. The zero-order chi connectivity index (χ0) is 24.2. The molecule has 2 heterocycles. The molecule has 0 aliphatic carbocycles. The Labute approximate surface area is 199 Å². The van der Waals surface area contributed by atoms with E-state index in [1.807, 2.05) is 47.6 Å². The average molecular weight is 461 g/mol. The number of benzene rings is 2. The number of imidazole rings is 1. The Morgan fingerprint density at radius 2 is 1.94 bits per heavy atom. The summed E-state index contributed by atoms with van der Waals surface area (Å²) >= 11 is 0. The predicted octanol–water partition coefficient (Wildman–Crippen LogP) is 3.95. The van der Waals surface area contributed by atoms with Crippen molar-refractivity contribution in [2.75, 3.05) is 13.7 Å². The number of amides is 1. The molecule has 176 valence electrons. The lowest BCUT2D eigenvalue weighted by Gasteiger charge is -2.25. The van der Waals surface area contributed by atoms with Crippen LogP contribution >= 0.6 is 0 Å². The summed E-state index contributed by atoms with van der Waals surface area (Å²) in [6.45, 7) is 5.31. The highest BCUT2D eigenvalue weighted by Crippen LogP contribution is 2.40. The molecular formula is C27H30N3O4+. The number of methoxy groups -OCH3 is 1. The van der Waals surface area contributed by atoms with Crippen molar-refractivity contribution in [3.8, 4) is 5.75 Å². The van der Waals surface area contributed by atoms with Crippen LogP contribution in [-0.4, -0.2) is 40.3 Å². The number of aryl methyl sites for hydroxylation is 1. The summed E-state index contributed by atoms with van der Waals surface area (Å²) in [5, 5.41) is 11.2. The number of likely N-dealkylation sites (tertiary alicyclic amines) is 1. The highest BCUT2D eigenvalue weighted by Gasteiger charge is 2.45. The largest absolute Gasteiger partial charge is 0.507 e. The van der Waals surface area contributed by atoms with E-state index in [0.29, 0.717) is 36.7 Å². The zero-order valence-corrected chi connectivity index (χ0v) is 19.7. The second-order valence-electron chi connectivity index (χ2n) is 8.75. The molecule has 2 aromatic carbocycles. The van der Waals surface area contributed by atoms with Crippen molar-refractivity contribution in [1.82, 2.24) is 9.88 Å². The van der Waals surface area contributed by atoms with Gasteiger partial charge >= 0.3 is 0 Å². The highest BCUT2D eigenvalue weighted by atomic mass is 16.5. The van der Waals surface area contributed by atoms with Crippen molar-refractivity contribution in [3.05, 3.63) is 89.5 Å². The van der Waals surface area contributed by atoms with Gasteiger partial charge in [0.1, 0.15) is 23.9 Å². The fourth-order valence-corrected chi connectivity index (χ4v) is 4.33. The zero-order valence-electron chi connectivity index (χ0n) is 19.7. The van der Waals surface area contributed by atoms with Crippen LogP contribution in [0.25, 0.3) is 5.76 Å². The van der Waals surface area contributed by atoms with E-state index >= 15 is 0 Å². The Kier molecular flexibility index (Phi) is 6.82. The number of rotatable bonds is 8. The number of aromatic amines is 1. The molecule has 0 radical (unpaired) electrons. The van der Waals surface area contributed by atoms with E-state index in [-0.39, 0.29) is 11.3 Å². The van der Waals surface area contributed by atoms with Crippen LogP contribution in [0.5, 0.6) is 5.75 Å². The van der Waals surface area contributed by atoms with Gasteiger partial charge < -0.3 is 14.7 Å². The molecule has 3 aromatic rings. The van der Waals surface area contributed by atoms with Crippen molar-refractivity contribution in [3.63, 3.8) is 0 Å². The van der Waals surface area contributed by atoms with Crippen molar-refractivity contribution in [2.45, 2.75) is 38.8 Å². The number of nitrogens with one attached hydrogen (secondary N) is 1. The molecule has 1 aliphatic rings. The molecule has 1 saturated heterocycles. The minimum absolute atomic E-state index is 0.102. The van der Waals surface area contributed by atoms with Gasteiger partial charge in [0.15, 0.2) is 0 Å². The number of nitrogens with zero attached hydrogens (tertiary/aromatic N) is 2. The predicted molar refractivity (Wildman–Crippen MR) is 128 cm³/mol. The molecule has 0 saturated carbocycles. The first-order valence-corrected chi connectivity index (χ1v) is 11.4. The first-order valence-electron chi connectivity index (χ1n) is 11.4. The van der Waals surface area contributed by atoms with Crippen LogP contribution in [-0.2, 0) is 16.1 Å². The summed E-state index contributed by atoms with van der Waals surface area (Å²) in [5.41, 5.74) is 2.49. The van der Waals surface area contributed by atoms with E-state index in [9.17, 15) is 14.7 Å². The second kappa shape index (κ2) is 9.95. The molecule has 1 atom stereocenters. The van der Waals surface area contributed by atoms with Crippen molar-refractivity contribution < 1.29 is 24.0 Å². The number of aliphatic hydroxyl groups excluding tert-OH is 1. The number of aromatic nitrogens is 2. The molecular weight excluding hydrogens is 430 g/mol. The lowest BCUT2D eigenvalue weighted by atomic mass is 9.93. The fraction of sp³-hybridized carbons (Fsp3) is 0.296.